The van der Waals surface area contributed by atoms with Gasteiger partial charge in [-0.3, -0.25) is 9.80 Å². The number of halogens is 3. The van der Waals surface area contributed by atoms with Crippen LogP contribution in [0.15, 0.2) is 42.7 Å². The number of hydrogen-bond acceptors (Lipinski definition) is 5. The third-order valence-electron chi connectivity index (χ3n) is 6.20. The third kappa shape index (κ3) is 6.81. The number of imidazole rings is 1. The van der Waals surface area contributed by atoms with Crippen LogP contribution in [0.4, 0.5) is 13.2 Å². The molecule has 0 radical (unpaired) electrons. The first-order chi connectivity index (χ1) is 16.5. The van der Waals surface area contributed by atoms with E-state index < -0.39 is 12.1 Å². The Morgan fingerprint density at radius 2 is 1.66 bits per heavy atom. The number of carboxylic acids is 1. The average molecular weight is 493 g/mol. The topological polar surface area (TPSA) is 81.3 Å². The second kappa shape index (κ2) is 11.2. The molecular formula is C25H31F3N4O3. The van der Waals surface area contributed by atoms with E-state index in [2.05, 4.69) is 75.8 Å². The van der Waals surface area contributed by atoms with Crippen LogP contribution in [0.3, 0.4) is 0 Å². The van der Waals surface area contributed by atoms with Gasteiger partial charge in [-0.2, -0.15) is 13.2 Å². The van der Waals surface area contributed by atoms with Crippen molar-refractivity contribution in [2.45, 2.75) is 33.0 Å². The van der Waals surface area contributed by atoms with Crippen molar-refractivity contribution in [1.82, 2.24) is 19.2 Å². The summed E-state index contributed by atoms with van der Waals surface area (Å²) < 4.78 is 33.9. The van der Waals surface area contributed by atoms with E-state index in [4.69, 9.17) is 15.0 Å². The Morgan fingerprint density at radius 1 is 1.06 bits per heavy atom. The first kappa shape index (κ1) is 26.7. The van der Waals surface area contributed by atoms with E-state index >= 15 is 0 Å². The fourth-order valence-corrected chi connectivity index (χ4v) is 4.23. The zero-order valence-corrected chi connectivity index (χ0v) is 20.1. The minimum atomic E-state index is -5.08. The molecule has 1 saturated heterocycles. The van der Waals surface area contributed by atoms with Gasteiger partial charge in [-0.15, -0.1) is 0 Å². The molecular weight excluding hydrogens is 461 g/mol. The highest BCUT2D eigenvalue weighted by atomic mass is 19.4. The number of carboxylic acid groups (broad SMARTS) is 1. The molecule has 1 aliphatic rings. The fraction of sp³-hybridized carbons (Fsp3) is 0.440. The number of piperazine rings is 1. The lowest BCUT2D eigenvalue weighted by atomic mass is 10.0. The van der Waals surface area contributed by atoms with Crippen LogP contribution in [0.1, 0.15) is 29.8 Å². The zero-order chi connectivity index (χ0) is 25.8. The molecule has 7 nitrogen and oxygen atoms in total. The Labute approximate surface area is 202 Å². The predicted molar refractivity (Wildman–Crippen MR) is 127 cm³/mol. The summed E-state index contributed by atoms with van der Waals surface area (Å²) >= 11 is 0. The van der Waals surface area contributed by atoms with Crippen molar-refractivity contribution < 1.29 is 28.2 Å². The molecule has 0 spiro atoms. The summed E-state index contributed by atoms with van der Waals surface area (Å²) in [5.74, 6) is -2.76. The number of rotatable bonds is 5. The van der Waals surface area contributed by atoms with Crippen molar-refractivity contribution in [2.75, 3.05) is 39.3 Å². The summed E-state index contributed by atoms with van der Waals surface area (Å²) in [4.78, 5) is 18.4. The van der Waals surface area contributed by atoms with E-state index in [0.29, 0.717) is 6.04 Å². The van der Waals surface area contributed by atoms with Gasteiger partial charge in [0.25, 0.3) is 0 Å². The van der Waals surface area contributed by atoms with Gasteiger partial charge in [-0.05, 0) is 49.1 Å². The monoisotopic (exact) mass is 492 g/mol. The smallest absolute Gasteiger partial charge is 0.475 e. The number of aliphatic carboxylic acids is 1. The molecule has 3 heterocycles. The molecule has 1 aliphatic heterocycles. The Hall–Kier alpha value is -2.95. The number of fused-ring (bicyclic) bond motifs is 1. The Balaban J connectivity index is 0.000000429. The molecule has 35 heavy (non-hydrogen) atoms. The molecule has 1 atom stereocenters. The van der Waals surface area contributed by atoms with Crippen molar-refractivity contribution >= 4 is 11.6 Å². The minimum absolute atomic E-state index is 0.251. The van der Waals surface area contributed by atoms with Gasteiger partial charge in [0, 0.05) is 51.2 Å². The fourth-order valence-electron chi connectivity index (χ4n) is 4.23. The molecule has 190 valence electrons. The van der Waals surface area contributed by atoms with Crippen molar-refractivity contribution in [3.63, 3.8) is 0 Å². The summed E-state index contributed by atoms with van der Waals surface area (Å²) in [5, 5.41) is 16.2. The number of aromatic nitrogens is 2. The van der Waals surface area contributed by atoms with Crippen LogP contribution in [0.2, 0.25) is 0 Å². The number of hydrogen-bond donors (Lipinski definition) is 2. The average Bonchev–Trinajstić information content (AvgIpc) is 3.20. The number of carbonyl (C=O) groups is 1. The maximum absolute atomic E-state index is 10.6. The Morgan fingerprint density at radius 3 is 2.20 bits per heavy atom. The largest absolute Gasteiger partial charge is 0.490 e. The number of alkyl halides is 3. The molecule has 4 rings (SSSR count). The van der Waals surface area contributed by atoms with E-state index in [1.807, 2.05) is 6.92 Å². The van der Waals surface area contributed by atoms with E-state index in [-0.39, 0.29) is 6.61 Å². The Kier molecular flexibility index (Phi) is 8.52. The molecule has 1 aromatic carbocycles. The molecule has 10 heteroatoms. The minimum Gasteiger partial charge on any atom is -0.475 e. The van der Waals surface area contributed by atoms with Gasteiger partial charge >= 0.3 is 12.1 Å². The van der Waals surface area contributed by atoms with Gasteiger partial charge in [0.15, 0.2) is 0 Å². The predicted octanol–water partition coefficient (Wildman–Crippen LogP) is 3.92. The quantitative estimate of drug-likeness (QED) is 0.562. The van der Waals surface area contributed by atoms with E-state index in [0.717, 1.165) is 44.1 Å². The maximum Gasteiger partial charge on any atom is 0.490 e. The van der Waals surface area contributed by atoms with E-state index in [1.54, 1.807) is 0 Å². The highest BCUT2D eigenvalue weighted by Gasteiger charge is 2.38. The van der Waals surface area contributed by atoms with Crippen LogP contribution < -0.4 is 0 Å². The second-order valence-corrected chi connectivity index (χ2v) is 8.73. The normalized spacial score (nSPS) is 16.1. The van der Waals surface area contributed by atoms with Gasteiger partial charge in [0.2, 0.25) is 0 Å². The molecule has 3 aromatic rings. The second-order valence-electron chi connectivity index (χ2n) is 8.73. The summed E-state index contributed by atoms with van der Waals surface area (Å²) in [7, 11) is 0. The third-order valence-corrected chi connectivity index (χ3v) is 6.20. The van der Waals surface area contributed by atoms with Crippen molar-refractivity contribution in [1.29, 1.82) is 0 Å². The Bertz CT molecular complexity index is 1140. The van der Waals surface area contributed by atoms with Crippen LogP contribution >= 0.6 is 0 Å². The molecule has 1 fully saturated rings. The van der Waals surface area contributed by atoms with Crippen LogP contribution in [0.5, 0.6) is 0 Å². The molecule has 2 N–H and O–H groups in total. The van der Waals surface area contributed by atoms with Crippen LogP contribution in [-0.2, 0) is 4.79 Å². The summed E-state index contributed by atoms with van der Waals surface area (Å²) in [6.45, 7) is 11.7. The lowest BCUT2D eigenvalue weighted by Gasteiger charge is -2.38. The summed E-state index contributed by atoms with van der Waals surface area (Å²) in [6, 6.07) is 11.6. The lowest BCUT2D eigenvalue weighted by Crippen LogP contribution is -2.47. The summed E-state index contributed by atoms with van der Waals surface area (Å²) in [6.07, 6.45) is -0.833. The number of benzene rings is 1. The zero-order valence-electron chi connectivity index (χ0n) is 20.1. The number of β-amino-alcohol motifs (C(OH)–C–C–N with tert-alkyl or cyclic N) is 1. The van der Waals surface area contributed by atoms with Crippen LogP contribution in [0, 0.1) is 13.8 Å². The van der Waals surface area contributed by atoms with Gasteiger partial charge in [-0.1, -0.05) is 24.3 Å². The summed E-state index contributed by atoms with van der Waals surface area (Å²) in [5.41, 5.74) is 7.09. The number of aliphatic hydroxyl groups excluding tert-OH is 1. The molecule has 0 amide bonds. The van der Waals surface area contributed by atoms with Gasteiger partial charge in [0.1, 0.15) is 5.65 Å². The maximum atomic E-state index is 10.6. The van der Waals surface area contributed by atoms with E-state index in [1.165, 1.54) is 22.3 Å². The van der Waals surface area contributed by atoms with Gasteiger partial charge in [0.05, 0.1) is 12.3 Å². The van der Waals surface area contributed by atoms with Crippen molar-refractivity contribution in [2.24, 2.45) is 0 Å². The molecule has 0 aliphatic carbocycles. The van der Waals surface area contributed by atoms with Gasteiger partial charge < -0.3 is 14.6 Å². The first-order valence-electron chi connectivity index (χ1n) is 11.4. The highest BCUT2D eigenvalue weighted by molar-refractivity contribution is 5.73. The lowest BCUT2D eigenvalue weighted by molar-refractivity contribution is -0.192. The van der Waals surface area contributed by atoms with Crippen molar-refractivity contribution in [3.05, 3.63) is 59.5 Å². The number of aryl methyl sites for hydroxylation is 2. The highest BCUT2D eigenvalue weighted by Crippen LogP contribution is 2.27. The molecule has 1 unspecified atom stereocenters. The molecule has 0 saturated carbocycles. The number of aliphatic hydroxyl groups is 1. The number of pyridine rings is 1. The van der Waals surface area contributed by atoms with E-state index in [9.17, 15) is 13.2 Å². The van der Waals surface area contributed by atoms with Gasteiger partial charge in [-0.25, -0.2) is 9.78 Å². The SMILES string of the molecule is Cc1cn2cc(-c3ccc(C(C)N4CCN(CCO)CC4)cc3)cc(C)c2n1.O=C(O)C(F)(F)F. The molecule has 0 bridgehead atoms. The van der Waals surface area contributed by atoms with Crippen molar-refractivity contribution in [3.8, 4) is 11.1 Å². The first-order valence-corrected chi connectivity index (χ1v) is 11.4. The van der Waals surface area contributed by atoms with Crippen LogP contribution in [-0.4, -0.2) is 80.9 Å². The standard InChI is InChI=1S/C23H30N4O.C2HF3O2/c1-17-14-22(16-27-15-18(2)24-23(17)27)21-6-4-20(5-7-21)19(3)26-10-8-25(9-11-26)12-13-28;3-2(4,5)1(6)7/h4-7,14-16,19,28H,8-13H2,1-3H3;(H,6,7). The van der Waals surface area contributed by atoms with Crippen LogP contribution in [0.25, 0.3) is 16.8 Å². The number of nitrogens with zero attached hydrogens (tertiary/aromatic N) is 4. The molecule has 2 aromatic heterocycles.